The molecule has 0 amide bonds. The number of fused-ring (bicyclic) bond motifs is 1. The van der Waals surface area contributed by atoms with Crippen LogP contribution < -0.4 is 4.74 Å². The maximum absolute atomic E-state index is 11.0. The van der Waals surface area contributed by atoms with Gasteiger partial charge in [0.25, 0.3) is 5.70 Å². The van der Waals surface area contributed by atoms with E-state index in [4.69, 9.17) is 4.74 Å². The summed E-state index contributed by atoms with van der Waals surface area (Å²) < 4.78 is 6.55. The van der Waals surface area contributed by atoms with Gasteiger partial charge in [-0.15, -0.1) is 0 Å². The maximum Gasteiger partial charge on any atom is 0.287 e. The highest BCUT2D eigenvalue weighted by atomic mass is 79.9. The molecule has 1 aliphatic heterocycles. The van der Waals surface area contributed by atoms with Crippen molar-refractivity contribution in [1.82, 2.24) is 0 Å². The second kappa shape index (κ2) is 4.87. The monoisotopic (exact) mass is 297 g/mol. The summed E-state index contributed by atoms with van der Waals surface area (Å²) in [4.78, 5) is 10.6. The van der Waals surface area contributed by atoms with Crippen molar-refractivity contribution in [1.29, 1.82) is 0 Å². The van der Waals surface area contributed by atoms with Crippen molar-refractivity contribution >= 4 is 22.0 Å². The summed E-state index contributed by atoms with van der Waals surface area (Å²) >= 11 is 3.34. The Kier molecular flexibility index (Phi) is 3.47. The van der Waals surface area contributed by atoms with Crippen molar-refractivity contribution in [2.75, 3.05) is 0 Å². The van der Waals surface area contributed by atoms with Crippen molar-refractivity contribution < 1.29 is 9.66 Å². The Morgan fingerprint density at radius 3 is 2.94 bits per heavy atom. The first-order chi connectivity index (χ1) is 8.11. The molecule has 1 aromatic carbocycles. The third kappa shape index (κ3) is 2.49. The molecule has 0 N–H and O–H groups in total. The van der Waals surface area contributed by atoms with E-state index in [0.717, 1.165) is 16.5 Å². The fourth-order valence-electron chi connectivity index (χ4n) is 1.84. The van der Waals surface area contributed by atoms with Crippen LogP contribution in [0.1, 0.15) is 25.3 Å². The van der Waals surface area contributed by atoms with Gasteiger partial charge in [0.1, 0.15) is 5.75 Å². The van der Waals surface area contributed by atoms with Crippen LogP contribution in [0.15, 0.2) is 28.4 Å². The van der Waals surface area contributed by atoms with Crippen LogP contribution in [-0.2, 0) is 0 Å². The van der Waals surface area contributed by atoms with Gasteiger partial charge in [-0.2, -0.15) is 0 Å². The topological polar surface area (TPSA) is 52.4 Å². The molecule has 0 aliphatic carbocycles. The minimum atomic E-state index is -0.441. The molecule has 0 radical (unpaired) electrons. The van der Waals surface area contributed by atoms with Crippen molar-refractivity contribution in [3.05, 3.63) is 44.0 Å². The number of rotatable bonds is 3. The quantitative estimate of drug-likeness (QED) is 0.632. The van der Waals surface area contributed by atoms with Crippen molar-refractivity contribution in [2.45, 2.75) is 25.9 Å². The van der Waals surface area contributed by atoms with Crippen LogP contribution in [0, 0.1) is 10.1 Å². The summed E-state index contributed by atoms with van der Waals surface area (Å²) in [6.45, 7) is 1.98. The number of nitrogens with zero attached hydrogens (tertiary/aromatic N) is 1. The highest BCUT2D eigenvalue weighted by molar-refractivity contribution is 9.10. The van der Waals surface area contributed by atoms with Gasteiger partial charge in [0.05, 0.1) is 4.92 Å². The molecule has 1 unspecified atom stereocenters. The van der Waals surface area contributed by atoms with Crippen LogP contribution in [0.4, 0.5) is 0 Å². The molecule has 1 heterocycles. The first kappa shape index (κ1) is 12.1. The molecule has 0 bridgehead atoms. The van der Waals surface area contributed by atoms with E-state index in [-0.39, 0.29) is 10.6 Å². The molecule has 1 aromatic rings. The van der Waals surface area contributed by atoms with E-state index in [1.807, 2.05) is 25.1 Å². The lowest BCUT2D eigenvalue weighted by Crippen LogP contribution is -2.26. The molecule has 1 atom stereocenters. The van der Waals surface area contributed by atoms with Crippen molar-refractivity contribution in [2.24, 2.45) is 0 Å². The smallest absolute Gasteiger partial charge is 0.287 e. The minimum absolute atomic E-state index is 0.137. The predicted octanol–water partition coefficient (Wildman–Crippen LogP) is 3.63. The Bertz CT molecular complexity index is 485. The van der Waals surface area contributed by atoms with Gasteiger partial charge in [-0.1, -0.05) is 29.3 Å². The molecule has 0 fully saturated rings. The van der Waals surface area contributed by atoms with Crippen LogP contribution >= 0.6 is 15.9 Å². The van der Waals surface area contributed by atoms with Gasteiger partial charge >= 0.3 is 0 Å². The lowest BCUT2D eigenvalue weighted by molar-refractivity contribution is -0.433. The fraction of sp³-hybridized carbons (Fsp3) is 0.333. The van der Waals surface area contributed by atoms with E-state index in [0.29, 0.717) is 12.2 Å². The molecule has 0 saturated heterocycles. The first-order valence-electron chi connectivity index (χ1n) is 5.44. The van der Waals surface area contributed by atoms with Gasteiger partial charge in [-0.25, -0.2) is 0 Å². The standard InChI is InChI=1S/C12H12BrNO3/c1-2-3-12-10(14(15)16)7-8-6-9(13)4-5-11(8)17-12/h4-7,12H,2-3H2,1H3. The summed E-state index contributed by atoms with van der Waals surface area (Å²) in [6, 6.07) is 5.52. The van der Waals surface area contributed by atoms with Gasteiger partial charge < -0.3 is 4.74 Å². The summed E-state index contributed by atoms with van der Waals surface area (Å²) in [6.07, 6.45) is 2.66. The van der Waals surface area contributed by atoms with Gasteiger partial charge in [0.15, 0.2) is 6.10 Å². The average molecular weight is 298 g/mol. The fourth-order valence-corrected chi connectivity index (χ4v) is 2.22. The average Bonchev–Trinajstić information content (AvgIpc) is 2.28. The summed E-state index contributed by atoms with van der Waals surface area (Å²) in [5.41, 5.74) is 0.885. The van der Waals surface area contributed by atoms with E-state index in [1.54, 1.807) is 6.08 Å². The van der Waals surface area contributed by atoms with E-state index in [1.165, 1.54) is 0 Å². The van der Waals surface area contributed by atoms with Gasteiger partial charge in [-0.3, -0.25) is 10.1 Å². The van der Waals surface area contributed by atoms with Crippen LogP contribution in [0.3, 0.4) is 0 Å². The molecule has 0 saturated carbocycles. The molecule has 4 nitrogen and oxygen atoms in total. The third-order valence-corrected chi connectivity index (χ3v) is 3.13. The Labute approximate surface area is 108 Å². The number of ether oxygens (including phenoxy) is 1. The van der Waals surface area contributed by atoms with Gasteiger partial charge in [-0.05, 0) is 24.6 Å². The Morgan fingerprint density at radius 1 is 1.53 bits per heavy atom. The molecular weight excluding hydrogens is 286 g/mol. The van der Waals surface area contributed by atoms with E-state index >= 15 is 0 Å². The summed E-state index contributed by atoms with van der Waals surface area (Å²) in [7, 11) is 0. The molecule has 0 spiro atoms. The Balaban J connectivity index is 2.42. The number of benzene rings is 1. The van der Waals surface area contributed by atoms with Gasteiger partial charge in [0, 0.05) is 16.1 Å². The third-order valence-electron chi connectivity index (χ3n) is 2.64. The predicted molar refractivity (Wildman–Crippen MR) is 68.4 cm³/mol. The molecule has 2 rings (SSSR count). The number of hydrogen-bond donors (Lipinski definition) is 0. The van der Waals surface area contributed by atoms with Crippen LogP contribution in [0.5, 0.6) is 5.75 Å². The van der Waals surface area contributed by atoms with Crippen LogP contribution in [0.25, 0.3) is 6.08 Å². The minimum Gasteiger partial charge on any atom is -0.479 e. The molecule has 0 aromatic heterocycles. The molecule has 17 heavy (non-hydrogen) atoms. The van der Waals surface area contributed by atoms with Crippen LogP contribution in [0.2, 0.25) is 0 Å². The largest absolute Gasteiger partial charge is 0.479 e. The summed E-state index contributed by atoms with van der Waals surface area (Å²) in [5, 5.41) is 11.0. The van der Waals surface area contributed by atoms with Gasteiger partial charge in [0.2, 0.25) is 0 Å². The zero-order valence-electron chi connectivity index (χ0n) is 9.35. The molecular formula is C12H12BrNO3. The lowest BCUT2D eigenvalue weighted by Gasteiger charge is -2.22. The molecule has 5 heteroatoms. The maximum atomic E-state index is 11.0. The normalized spacial score (nSPS) is 18.0. The Hall–Kier alpha value is -1.36. The van der Waals surface area contributed by atoms with Crippen molar-refractivity contribution in [3.8, 4) is 5.75 Å². The lowest BCUT2D eigenvalue weighted by atomic mass is 10.0. The highest BCUT2D eigenvalue weighted by Gasteiger charge is 2.30. The van der Waals surface area contributed by atoms with E-state index in [9.17, 15) is 10.1 Å². The van der Waals surface area contributed by atoms with Crippen molar-refractivity contribution in [3.63, 3.8) is 0 Å². The SMILES string of the molecule is CCCC1Oc2ccc(Br)cc2C=C1[N+](=O)[O-]. The zero-order chi connectivity index (χ0) is 12.4. The highest BCUT2D eigenvalue weighted by Crippen LogP contribution is 2.33. The van der Waals surface area contributed by atoms with E-state index in [2.05, 4.69) is 15.9 Å². The van der Waals surface area contributed by atoms with Crippen LogP contribution in [-0.4, -0.2) is 11.0 Å². The summed E-state index contributed by atoms with van der Waals surface area (Å²) in [5.74, 6) is 0.706. The first-order valence-corrected chi connectivity index (χ1v) is 6.23. The zero-order valence-corrected chi connectivity index (χ0v) is 10.9. The molecule has 90 valence electrons. The number of hydrogen-bond acceptors (Lipinski definition) is 3. The molecule has 1 aliphatic rings. The van der Waals surface area contributed by atoms with E-state index < -0.39 is 6.10 Å². The second-order valence-corrected chi connectivity index (χ2v) is 4.82. The second-order valence-electron chi connectivity index (χ2n) is 3.90. The number of halogens is 1. The number of nitro groups is 1. The Morgan fingerprint density at radius 2 is 2.29 bits per heavy atom.